The maximum Gasteiger partial charge on any atom is 0.331 e. The van der Waals surface area contributed by atoms with Gasteiger partial charge in [-0.2, -0.15) is 0 Å². The molecule has 35 heavy (non-hydrogen) atoms. The molecule has 0 fully saturated rings. The molecule has 0 aromatic heterocycles. The second-order valence-electron chi connectivity index (χ2n) is 7.18. The third-order valence-corrected chi connectivity index (χ3v) is 6.84. The Morgan fingerprint density at radius 2 is 0.800 bits per heavy atom. The third kappa shape index (κ3) is 12.5. The molecular formula is C29H28O4P2. The number of benzene rings is 4. The summed E-state index contributed by atoms with van der Waals surface area (Å²) in [5.41, 5.74) is -0.178. The van der Waals surface area contributed by atoms with Gasteiger partial charge in [-0.3, -0.25) is 0 Å². The van der Waals surface area contributed by atoms with Crippen LogP contribution in [0.1, 0.15) is 6.92 Å². The number of rotatable bonds is 6. The first-order chi connectivity index (χ1) is 16.9. The maximum atomic E-state index is 9.90. The lowest BCUT2D eigenvalue weighted by Gasteiger charge is -2.00. The van der Waals surface area contributed by atoms with Gasteiger partial charge in [0.15, 0.2) is 0 Å². The van der Waals surface area contributed by atoms with Crippen molar-refractivity contribution in [2.24, 2.45) is 0 Å². The Hall–Kier alpha value is -3.58. The van der Waals surface area contributed by atoms with Gasteiger partial charge in [0, 0.05) is 11.6 Å². The summed E-state index contributed by atoms with van der Waals surface area (Å²) in [5, 5.41) is 21.7. The predicted molar refractivity (Wildman–Crippen MR) is 150 cm³/mol. The number of carboxylic acids is 2. The summed E-state index contributed by atoms with van der Waals surface area (Å²) in [4.78, 5) is 19.7. The van der Waals surface area contributed by atoms with Gasteiger partial charge < -0.3 is 10.2 Å². The molecule has 4 aromatic rings. The molecule has 0 unspecified atom stereocenters. The average Bonchev–Trinajstić information content (AvgIpc) is 2.87. The maximum absolute atomic E-state index is 9.90. The van der Waals surface area contributed by atoms with Crippen molar-refractivity contribution in [2.45, 2.75) is 6.92 Å². The molecule has 0 amide bonds. The molecule has 0 heterocycles. The van der Waals surface area contributed by atoms with Crippen molar-refractivity contribution >= 4 is 50.3 Å². The van der Waals surface area contributed by atoms with Gasteiger partial charge in [0.05, 0.1) is 0 Å². The SMILES string of the molecule is C/C(=C/C(=O)O)C(=O)O.c1ccc(Pc2ccccc2)cc1.c1ccc(Pc2ccccc2)cc1. The Morgan fingerprint density at radius 1 is 0.543 bits per heavy atom. The van der Waals surface area contributed by atoms with Crippen LogP contribution in [0.3, 0.4) is 0 Å². The van der Waals surface area contributed by atoms with Crippen LogP contribution < -0.4 is 21.2 Å². The molecule has 4 rings (SSSR count). The fraction of sp³-hybridized carbons (Fsp3) is 0.0345. The van der Waals surface area contributed by atoms with Crippen molar-refractivity contribution in [3.05, 3.63) is 133 Å². The lowest BCUT2D eigenvalue weighted by atomic mass is 10.3. The zero-order valence-electron chi connectivity index (χ0n) is 19.3. The summed E-state index contributed by atoms with van der Waals surface area (Å²) >= 11 is 0. The van der Waals surface area contributed by atoms with Crippen molar-refractivity contribution in [1.29, 1.82) is 0 Å². The molecule has 0 bridgehead atoms. The fourth-order valence-corrected chi connectivity index (χ4v) is 4.77. The first-order valence-electron chi connectivity index (χ1n) is 10.8. The van der Waals surface area contributed by atoms with E-state index in [4.69, 9.17) is 10.2 Å². The first-order valence-corrected chi connectivity index (χ1v) is 12.8. The number of hydrogen-bond donors (Lipinski definition) is 2. The Kier molecular flexibility index (Phi) is 12.7. The first kappa shape index (κ1) is 27.7. The van der Waals surface area contributed by atoms with Crippen LogP contribution in [0.4, 0.5) is 0 Å². The van der Waals surface area contributed by atoms with Crippen molar-refractivity contribution in [1.82, 2.24) is 0 Å². The summed E-state index contributed by atoms with van der Waals surface area (Å²) in [6, 6.07) is 42.3. The molecule has 0 atom stereocenters. The van der Waals surface area contributed by atoms with Crippen LogP contribution in [0.2, 0.25) is 0 Å². The van der Waals surface area contributed by atoms with Crippen LogP contribution in [0.15, 0.2) is 133 Å². The van der Waals surface area contributed by atoms with E-state index >= 15 is 0 Å². The van der Waals surface area contributed by atoms with Crippen LogP contribution in [0.25, 0.3) is 0 Å². The standard InChI is InChI=1S/2C12H11P.C5H6O4/c2*1-3-7-11(8-4-1)13-12-9-5-2-6-10-12;1-3(5(8)9)2-4(6)7/h2*1-10,13H;2H,1H3,(H,6,7)(H,8,9)/b;;3-2-. The van der Waals surface area contributed by atoms with Gasteiger partial charge in [-0.1, -0.05) is 138 Å². The fourth-order valence-electron chi connectivity index (χ4n) is 2.67. The lowest BCUT2D eigenvalue weighted by molar-refractivity contribution is -0.135. The molecule has 0 spiro atoms. The second-order valence-corrected chi connectivity index (χ2v) is 9.99. The van der Waals surface area contributed by atoms with Gasteiger partial charge in [-0.25, -0.2) is 9.59 Å². The number of hydrogen-bond acceptors (Lipinski definition) is 2. The largest absolute Gasteiger partial charge is 0.478 e. The number of aliphatic carboxylic acids is 2. The highest BCUT2D eigenvalue weighted by atomic mass is 31.1. The van der Waals surface area contributed by atoms with E-state index in [1.807, 2.05) is 0 Å². The van der Waals surface area contributed by atoms with E-state index in [0.717, 1.165) is 17.2 Å². The Morgan fingerprint density at radius 3 is 0.971 bits per heavy atom. The van der Waals surface area contributed by atoms with Crippen LogP contribution >= 0.6 is 17.2 Å². The summed E-state index contributed by atoms with van der Waals surface area (Å²) < 4.78 is 0. The highest BCUT2D eigenvalue weighted by molar-refractivity contribution is 7.55. The third-order valence-electron chi connectivity index (χ3n) is 4.35. The highest BCUT2D eigenvalue weighted by Gasteiger charge is 2.00. The van der Waals surface area contributed by atoms with Gasteiger partial charge in [-0.05, 0) is 28.1 Å². The minimum Gasteiger partial charge on any atom is -0.478 e. The Bertz CT molecular complexity index is 1030. The smallest absolute Gasteiger partial charge is 0.331 e. The van der Waals surface area contributed by atoms with Gasteiger partial charge in [0.1, 0.15) is 0 Å². The molecule has 0 saturated carbocycles. The summed E-state index contributed by atoms with van der Waals surface area (Å²) in [5.74, 6) is -2.45. The molecule has 0 aliphatic rings. The van der Waals surface area contributed by atoms with Crippen molar-refractivity contribution in [2.75, 3.05) is 0 Å². The number of carboxylic acid groups (broad SMARTS) is 2. The molecule has 2 N–H and O–H groups in total. The van der Waals surface area contributed by atoms with Crippen LogP contribution in [0, 0.1) is 0 Å². The van der Waals surface area contributed by atoms with E-state index in [2.05, 4.69) is 121 Å². The van der Waals surface area contributed by atoms with Gasteiger partial charge in [0.2, 0.25) is 0 Å². The van der Waals surface area contributed by atoms with E-state index in [-0.39, 0.29) is 5.57 Å². The topological polar surface area (TPSA) is 74.6 Å². The Balaban J connectivity index is 0.000000190. The summed E-state index contributed by atoms with van der Waals surface area (Å²) in [6.45, 7) is 1.22. The average molecular weight is 502 g/mol. The van der Waals surface area contributed by atoms with Crippen molar-refractivity contribution in [3.8, 4) is 0 Å². The molecule has 4 aromatic carbocycles. The monoisotopic (exact) mass is 502 g/mol. The van der Waals surface area contributed by atoms with E-state index in [0.29, 0.717) is 6.08 Å². The summed E-state index contributed by atoms with van der Waals surface area (Å²) in [6.07, 6.45) is 0.641. The molecule has 0 aliphatic carbocycles. The zero-order valence-corrected chi connectivity index (χ0v) is 21.3. The van der Waals surface area contributed by atoms with E-state index in [9.17, 15) is 9.59 Å². The quantitative estimate of drug-likeness (QED) is 0.295. The van der Waals surface area contributed by atoms with Crippen molar-refractivity contribution in [3.63, 3.8) is 0 Å². The number of carbonyl (C=O) groups is 2. The van der Waals surface area contributed by atoms with E-state index in [1.54, 1.807) is 0 Å². The predicted octanol–water partition coefficient (Wildman–Crippen LogP) is 4.73. The normalized spacial score (nSPS) is 10.1. The molecular weight excluding hydrogens is 474 g/mol. The zero-order chi connectivity index (χ0) is 25.3. The second kappa shape index (κ2) is 16.1. The Labute approximate surface area is 209 Å². The van der Waals surface area contributed by atoms with Crippen LogP contribution in [-0.2, 0) is 9.59 Å². The molecule has 0 aliphatic heterocycles. The minimum absolute atomic E-state index is 0.178. The van der Waals surface area contributed by atoms with Crippen LogP contribution in [0.5, 0.6) is 0 Å². The highest BCUT2D eigenvalue weighted by Crippen LogP contribution is 2.09. The van der Waals surface area contributed by atoms with E-state index in [1.165, 1.54) is 28.1 Å². The van der Waals surface area contributed by atoms with Crippen LogP contribution in [-0.4, -0.2) is 22.2 Å². The molecule has 6 heteroatoms. The molecule has 4 nitrogen and oxygen atoms in total. The molecule has 0 saturated heterocycles. The lowest BCUT2D eigenvalue weighted by Crippen LogP contribution is -2.01. The van der Waals surface area contributed by atoms with Crippen molar-refractivity contribution < 1.29 is 19.8 Å². The molecule has 0 radical (unpaired) electrons. The van der Waals surface area contributed by atoms with E-state index < -0.39 is 11.9 Å². The van der Waals surface area contributed by atoms with Gasteiger partial charge in [-0.15, -0.1) is 0 Å². The molecule has 178 valence electrons. The van der Waals surface area contributed by atoms with Gasteiger partial charge in [0.25, 0.3) is 0 Å². The van der Waals surface area contributed by atoms with Gasteiger partial charge >= 0.3 is 11.9 Å². The minimum atomic E-state index is -1.24. The summed E-state index contributed by atoms with van der Waals surface area (Å²) in [7, 11) is 1.55.